The molecule has 0 fully saturated rings. The van der Waals surface area contributed by atoms with Crippen molar-refractivity contribution >= 4 is 58.5 Å². The number of amides is 2. The maximum absolute atomic E-state index is 13.7. The van der Waals surface area contributed by atoms with E-state index in [1.54, 1.807) is 48.2 Å². The van der Waals surface area contributed by atoms with Crippen LogP contribution in [0.25, 0.3) is 0 Å². The Bertz CT molecular complexity index is 1850. The van der Waals surface area contributed by atoms with Crippen molar-refractivity contribution in [3.8, 4) is 5.75 Å². The van der Waals surface area contributed by atoms with E-state index in [4.69, 9.17) is 21.1 Å². The zero-order valence-corrected chi connectivity index (χ0v) is 31.3. The standard InChI is InChI=1S/C37H42ClF3N8O4S/c1-36(2)20-43-32(51)24-9-11-25(12-10-24)44-34-46-33(47-35(48-34)53-22-37(39,40)41)42-19-23-8-13-28(26(38)18-23)52-17-5-16-49(21-36)31(50)15-14-30-45-27-6-3-4-7-29(27)54-30/h3-4,6-13,18,30,34,44-45H,5,14-17,19-22H2,1-2H3,(H,43,51)(H2,42,46,47,48). The van der Waals surface area contributed by atoms with Crippen LogP contribution in [0.2, 0.25) is 5.02 Å². The smallest absolute Gasteiger partial charge is 0.422 e. The van der Waals surface area contributed by atoms with Crippen LogP contribution in [0.4, 0.5) is 24.5 Å². The lowest BCUT2D eigenvalue weighted by Crippen LogP contribution is -2.49. The molecular weight excluding hydrogens is 745 g/mol. The molecule has 0 spiro atoms. The minimum Gasteiger partial charge on any atom is -0.492 e. The first-order valence-electron chi connectivity index (χ1n) is 17.5. The Kier molecular flexibility index (Phi) is 12.3. The van der Waals surface area contributed by atoms with Gasteiger partial charge in [0.15, 0.2) is 6.61 Å². The zero-order valence-electron chi connectivity index (χ0n) is 29.8. The number of amidine groups is 1. The zero-order chi connectivity index (χ0) is 38.3. The van der Waals surface area contributed by atoms with Gasteiger partial charge in [0, 0.05) is 54.4 Å². The van der Waals surface area contributed by atoms with Crippen molar-refractivity contribution in [3.05, 3.63) is 82.9 Å². The fraction of sp³-hybridized carbons (Fsp3) is 0.405. The predicted octanol–water partition coefficient (Wildman–Crippen LogP) is 6.41. The summed E-state index contributed by atoms with van der Waals surface area (Å²) in [4.78, 5) is 38.2. The number of halogens is 4. The molecule has 5 N–H and O–H groups in total. The molecule has 2 amide bonds. The van der Waals surface area contributed by atoms with Crippen molar-refractivity contribution in [1.82, 2.24) is 20.9 Å². The van der Waals surface area contributed by atoms with Gasteiger partial charge >= 0.3 is 12.2 Å². The monoisotopic (exact) mass is 786 g/mol. The van der Waals surface area contributed by atoms with E-state index in [1.807, 2.05) is 43.0 Å². The number of para-hydroxylation sites is 1. The quantitative estimate of drug-likeness (QED) is 0.203. The van der Waals surface area contributed by atoms with E-state index in [-0.39, 0.29) is 29.7 Å². The lowest BCUT2D eigenvalue weighted by Gasteiger charge is -2.33. The number of rotatable bonds is 4. The second-order valence-electron chi connectivity index (χ2n) is 13.8. The highest BCUT2D eigenvalue weighted by Gasteiger charge is 2.31. The second kappa shape index (κ2) is 17.1. The van der Waals surface area contributed by atoms with E-state index in [0.29, 0.717) is 67.5 Å². The molecule has 6 aliphatic heterocycles. The fourth-order valence-corrected chi connectivity index (χ4v) is 7.35. The Morgan fingerprint density at radius 2 is 1.87 bits per heavy atom. The van der Waals surface area contributed by atoms with Gasteiger partial charge in [0.1, 0.15) is 5.75 Å². The number of anilines is 2. The largest absolute Gasteiger partial charge is 0.492 e. The normalized spacial score (nSPS) is 20.3. The molecule has 6 bridgehead atoms. The molecule has 0 saturated carbocycles. The highest BCUT2D eigenvalue weighted by Crippen LogP contribution is 2.39. The number of aliphatic imine (C=N–C) groups is 2. The highest BCUT2D eigenvalue weighted by atomic mass is 35.5. The van der Waals surface area contributed by atoms with E-state index >= 15 is 0 Å². The van der Waals surface area contributed by atoms with Gasteiger partial charge in [-0.15, -0.1) is 0 Å². The number of alkyl halides is 3. The second-order valence-corrected chi connectivity index (χ2v) is 15.5. The maximum Gasteiger partial charge on any atom is 0.422 e. The van der Waals surface area contributed by atoms with Crippen molar-refractivity contribution in [1.29, 1.82) is 0 Å². The lowest BCUT2D eigenvalue weighted by molar-refractivity contribution is -0.156. The molecule has 0 radical (unpaired) electrons. The van der Waals surface area contributed by atoms with Gasteiger partial charge in [-0.05, 0) is 72.4 Å². The number of carbonyl (C=O) groups excluding carboxylic acids is 2. The average Bonchev–Trinajstić information content (AvgIpc) is 3.56. The van der Waals surface area contributed by atoms with E-state index in [9.17, 15) is 22.8 Å². The molecule has 12 nitrogen and oxygen atoms in total. The van der Waals surface area contributed by atoms with Crippen molar-refractivity contribution in [3.63, 3.8) is 0 Å². The number of hydrogen-bond donors (Lipinski definition) is 5. The van der Waals surface area contributed by atoms with E-state index in [1.165, 1.54) is 4.90 Å². The molecule has 3 aromatic carbocycles. The number of hydrogen-bond acceptors (Lipinski definition) is 11. The average molecular weight is 787 g/mol. The van der Waals surface area contributed by atoms with Crippen molar-refractivity contribution in [2.45, 2.75) is 62.4 Å². The highest BCUT2D eigenvalue weighted by molar-refractivity contribution is 8.00. The SMILES string of the molecule is CC1(C)CNC(=O)c2ccc(cc2)NC2N=C(OCC(F)(F)F)N=C(NCc3ccc(c(Cl)c3)OCCCN(C(=O)CCC3Nc4ccccc4S3)C1)N2. The number of ether oxygens (including phenoxy) is 2. The Morgan fingerprint density at radius 3 is 2.63 bits per heavy atom. The Labute approximate surface area is 320 Å². The van der Waals surface area contributed by atoms with Crippen molar-refractivity contribution in [2.24, 2.45) is 15.4 Å². The number of nitrogens with one attached hydrogen (secondary N) is 5. The maximum atomic E-state index is 13.7. The van der Waals surface area contributed by atoms with Crippen molar-refractivity contribution < 1.29 is 32.2 Å². The minimum atomic E-state index is -4.58. The summed E-state index contributed by atoms with van der Waals surface area (Å²) in [6.45, 7) is 4.13. The predicted molar refractivity (Wildman–Crippen MR) is 204 cm³/mol. The van der Waals surface area contributed by atoms with Gasteiger partial charge in [-0.1, -0.05) is 55.4 Å². The van der Waals surface area contributed by atoms with Crippen LogP contribution >= 0.6 is 23.4 Å². The number of benzene rings is 3. The molecule has 9 rings (SSSR count). The van der Waals surface area contributed by atoms with Gasteiger partial charge in [0.05, 0.1) is 17.0 Å². The molecule has 6 aliphatic rings. The van der Waals surface area contributed by atoms with Crippen molar-refractivity contribution in [2.75, 3.05) is 43.5 Å². The summed E-state index contributed by atoms with van der Waals surface area (Å²) >= 11 is 8.30. The van der Waals surface area contributed by atoms with Gasteiger partial charge in [0.25, 0.3) is 5.91 Å². The lowest BCUT2D eigenvalue weighted by atomic mass is 9.92. The van der Waals surface area contributed by atoms with Crippen LogP contribution in [-0.2, 0) is 16.1 Å². The van der Waals surface area contributed by atoms with Crippen LogP contribution in [0.5, 0.6) is 5.75 Å². The molecule has 0 aromatic heterocycles. The summed E-state index contributed by atoms with van der Waals surface area (Å²) in [5, 5.41) is 16.1. The number of guanidine groups is 1. The van der Waals surface area contributed by atoms with Gasteiger partial charge in [-0.25, -0.2) is 0 Å². The number of thioether (sulfide) groups is 1. The summed E-state index contributed by atoms with van der Waals surface area (Å²) in [5.41, 5.74) is 2.30. The first-order valence-corrected chi connectivity index (χ1v) is 18.8. The summed E-state index contributed by atoms with van der Waals surface area (Å²) < 4.78 is 49.7. The van der Waals surface area contributed by atoms with E-state index in [0.717, 1.165) is 11.3 Å². The molecule has 54 heavy (non-hydrogen) atoms. The third-order valence-electron chi connectivity index (χ3n) is 8.61. The van der Waals surface area contributed by atoms with E-state index in [2.05, 4.69) is 42.6 Å². The molecule has 6 heterocycles. The first kappa shape index (κ1) is 38.9. The molecule has 0 saturated heterocycles. The van der Waals surface area contributed by atoms with Crippen LogP contribution in [0.15, 0.2) is 81.6 Å². The van der Waals surface area contributed by atoms with Crippen LogP contribution in [0.1, 0.15) is 49.0 Å². The van der Waals surface area contributed by atoms with Gasteiger partial charge < -0.3 is 41.0 Å². The molecule has 17 heteroatoms. The molecule has 0 aliphatic carbocycles. The first-order chi connectivity index (χ1) is 25.8. The van der Waals surface area contributed by atoms with Crippen LogP contribution in [-0.4, -0.2) is 79.4 Å². The summed E-state index contributed by atoms with van der Waals surface area (Å²) in [6, 6.07) is 19.5. The summed E-state index contributed by atoms with van der Waals surface area (Å²) in [7, 11) is 0. The Hall–Kier alpha value is -4.83. The molecule has 2 atom stereocenters. The molecule has 288 valence electrons. The van der Waals surface area contributed by atoms with Gasteiger partial charge in [0.2, 0.25) is 18.2 Å². The fourth-order valence-electron chi connectivity index (χ4n) is 5.95. The number of fused-ring (bicyclic) bond motifs is 1. The summed E-state index contributed by atoms with van der Waals surface area (Å²) in [5.74, 6) is 0.320. The minimum absolute atomic E-state index is 0.0272. The topological polar surface area (TPSA) is 141 Å². The van der Waals surface area contributed by atoms with Gasteiger partial charge in [-0.3, -0.25) is 9.59 Å². The Morgan fingerprint density at radius 1 is 1.07 bits per heavy atom. The number of nitrogens with zero attached hydrogens (tertiary/aromatic N) is 3. The van der Waals surface area contributed by atoms with Crippen LogP contribution in [0, 0.1) is 5.41 Å². The Balaban J connectivity index is 1.16. The van der Waals surface area contributed by atoms with E-state index < -0.39 is 30.5 Å². The van der Waals surface area contributed by atoms with Gasteiger partial charge in [-0.2, -0.15) is 23.2 Å². The molecule has 2 unspecified atom stereocenters. The molecular formula is C37H42ClF3N8O4S. The number of carbonyl (C=O) groups is 2. The summed E-state index contributed by atoms with van der Waals surface area (Å²) in [6.07, 6.45) is -3.97. The van der Waals surface area contributed by atoms with Crippen LogP contribution < -0.4 is 31.3 Å². The third-order valence-corrected chi connectivity index (χ3v) is 10.2. The van der Waals surface area contributed by atoms with Crippen LogP contribution in [0.3, 0.4) is 0 Å². The molecule has 3 aromatic rings. The third kappa shape index (κ3) is 11.1.